The van der Waals surface area contributed by atoms with Gasteiger partial charge in [0.05, 0.1) is 6.61 Å². The average Bonchev–Trinajstić information content (AvgIpc) is 2.51. The second-order valence-corrected chi connectivity index (χ2v) is 4.85. The third-order valence-corrected chi connectivity index (χ3v) is 3.13. The van der Waals surface area contributed by atoms with Crippen LogP contribution in [0, 0.1) is 5.82 Å². The third kappa shape index (κ3) is 4.67. The monoisotopic (exact) mass is 350 g/mol. The summed E-state index contributed by atoms with van der Waals surface area (Å²) in [6.07, 6.45) is -5.40. The molecule has 0 fully saturated rings. The van der Waals surface area contributed by atoms with Crippen molar-refractivity contribution in [3.05, 3.63) is 35.6 Å². The Bertz CT molecular complexity index is 575. The van der Waals surface area contributed by atoms with Crippen molar-refractivity contribution >= 4 is 11.9 Å². The maximum absolute atomic E-state index is 13.6. The van der Waals surface area contributed by atoms with Gasteiger partial charge in [-0.25, -0.2) is 9.18 Å². The Morgan fingerprint density at radius 1 is 1.12 bits per heavy atom. The first-order chi connectivity index (χ1) is 11.2. The Balaban J connectivity index is 3.15. The summed E-state index contributed by atoms with van der Waals surface area (Å²) in [6, 6.07) is 4.66. The summed E-state index contributed by atoms with van der Waals surface area (Å²) < 4.78 is 58.1. The molecule has 0 saturated carbocycles. The molecule has 5 nitrogen and oxygen atoms in total. The summed E-state index contributed by atoms with van der Waals surface area (Å²) in [4.78, 5) is 23.5. The molecule has 0 saturated heterocycles. The molecule has 0 unspecified atom stereocenters. The Morgan fingerprint density at radius 3 is 2.17 bits per heavy atom. The quantitative estimate of drug-likeness (QED) is 0.450. The number of halogens is 4. The van der Waals surface area contributed by atoms with E-state index in [4.69, 9.17) is 0 Å². The van der Waals surface area contributed by atoms with Crippen molar-refractivity contribution in [2.24, 2.45) is 0 Å². The molecule has 0 aromatic heterocycles. The van der Waals surface area contributed by atoms with Crippen molar-refractivity contribution in [2.45, 2.75) is 38.7 Å². The smallest absolute Gasteiger partial charge is 0.436 e. The first-order valence-corrected chi connectivity index (χ1v) is 7.20. The summed E-state index contributed by atoms with van der Waals surface area (Å²) in [6.45, 7) is 1.96. The van der Waals surface area contributed by atoms with Crippen LogP contribution in [0.15, 0.2) is 24.3 Å². The van der Waals surface area contributed by atoms with Crippen LogP contribution in [0.4, 0.5) is 17.6 Å². The minimum atomic E-state index is -5.15. The zero-order valence-corrected chi connectivity index (χ0v) is 13.2. The highest BCUT2D eigenvalue weighted by Crippen LogP contribution is 2.30. The zero-order valence-electron chi connectivity index (χ0n) is 13.2. The molecule has 1 aromatic carbocycles. The molecule has 1 rings (SSSR count). The maximum atomic E-state index is 13.6. The molecular formula is C15H18F4N2O3. The van der Waals surface area contributed by atoms with E-state index in [1.165, 1.54) is 26.0 Å². The molecule has 0 aliphatic heterocycles. The summed E-state index contributed by atoms with van der Waals surface area (Å²) in [5, 5.41) is 3.67. The van der Waals surface area contributed by atoms with E-state index in [2.05, 4.69) is 4.74 Å². The summed E-state index contributed by atoms with van der Waals surface area (Å²) in [5.74, 6) is -3.20. The SMILES string of the molecule is CCOC(=O)[C@@](NCc1ccc(F)cc1)(NC(=O)CC)C(F)(F)F. The lowest BCUT2D eigenvalue weighted by Gasteiger charge is -2.34. The maximum Gasteiger partial charge on any atom is 0.436 e. The lowest BCUT2D eigenvalue weighted by atomic mass is 10.1. The van der Waals surface area contributed by atoms with Gasteiger partial charge in [-0.1, -0.05) is 19.1 Å². The standard InChI is InChI=1S/C15H18F4N2O3/c1-3-12(22)21-14(15(17,18)19,13(23)24-4-2)20-9-10-5-7-11(16)8-6-10/h5-8,20H,3-4,9H2,1-2H3,(H,21,22)/t14-/m1/s1. The molecule has 2 N–H and O–H groups in total. The Morgan fingerprint density at radius 2 is 1.71 bits per heavy atom. The van der Waals surface area contributed by atoms with Crippen LogP contribution in [0.5, 0.6) is 0 Å². The van der Waals surface area contributed by atoms with Crippen LogP contribution in [-0.2, 0) is 20.9 Å². The third-order valence-electron chi connectivity index (χ3n) is 3.13. The summed E-state index contributed by atoms with van der Waals surface area (Å²) >= 11 is 0. The molecule has 0 aliphatic rings. The molecule has 24 heavy (non-hydrogen) atoms. The largest absolute Gasteiger partial charge is 0.463 e. The van der Waals surface area contributed by atoms with Gasteiger partial charge >= 0.3 is 12.1 Å². The van der Waals surface area contributed by atoms with Crippen LogP contribution in [0.3, 0.4) is 0 Å². The Kier molecular flexibility index (Phi) is 6.70. The van der Waals surface area contributed by atoms with Gasteiger partial charge in [0.1, 0.15) is 5.82 Å². The fourth-order valence-electron chi connectivity index (χ4n) is 1.83. The number of benzene rings is 1. The van der Waals surface area contributed by atoms with Crippen LogP contribution in [0.1, 0.15) is 25.8 Å². The van der Waals surface area contributed by atoms with Crippen LogP contribution in [-0.4, -0.2) is 30.3 Å². The fraction of sp³-hybridized carbons (Fsp3) is 0.467. The second kappa shape index (κ2) is 8.09. The minimum absolute atomic E-state index is 0.255. The highest BCUT2D eigenvalue weighted by molar-refractivity contribution is 5.88. The van der Waals surface area contributed by atoms with Gasteiger partial charge in [-0.3, -0.25) is 10.1 Å². The molecule has 134 valence electrons. The summed E-state index contributed by atoms with van der Waals surface area (Å²) in [5.41, 5.74) is -3.09. The molecule has 1 atom stereocenters. The van der Waals surface area contributed by atoms with Crippen molar-refractivity contribution in [2.75, 3.05) is 6.61 Å². The van der Waals surface area contributed by atoms with Gasteiger partial charge in [0, 0.05) is 13.0 Å². The topological polar surface area (TPSA) is 67.4 Å². The molecule has 0 bridgehead atoms. The van der Waals surface area contributed by atoms with Crippen molar-refractivity contribution in [1.82, 2.24) is 10.6 Å². The van der Waals surface area contributed by atoms with Crippen molar-refractivity contribution in [3.8, 4) is 0 Å². The molecular weight excluding hydrogens is 332 g/mol. The number of esters is 1. The van der Waals surface area contributed by atoms with Crippen LogP contribution < -0.4 is 10.6 Å². The van der Waals surface area contributed by atoms with E-state index in [1.807, 2.05) is 5.32 Å². The zero-order chi connectivity index (χ0) is 18.4. The predicted octanol–water partition coefficient (Wildman–Crippen LogP) is 2.26. The second-order valence-electron chi connectivity index (χ2n) is 4.85. The van der Waals surface area contributed by atoms with E-state index in [0.29, 0.717) is 5.56 Å². The minimum Gasteiger partial charge on any atom is -0.463 e. The number of hydrogen-bond donors (Lipinski definition) is 2. The number of nitrogens with one attached hydrogen (secondary N) is 2. The van der Waals surface area contributed by atoms with Crippen LogP contribution in [0.2, 0.25) is 0 Å². The average molecular weight is 350 g/mol. The number of carbonyl (C=O) groups is 2. The molecule has 1 amide bonds. The fourth-order valence-corrected chi connectivity index (χ4v) is 1.83. The first-order valence-electron chi connectivity index (χ1n) is 7.20. The van der Waals surface area contributed by atoms with Crippen molar-refractivity contribution in [3.63, 3.8) is 0 Å². The van der Waals surface area contributed by atoms with Gasteiger partial charge in [-0.2, -0.15) is 13.2 Å². The lowest BCUT2D eigenvalue weighted by Crippen LogP contribution is -2.72. The molecule has 0 heterocycles. The normalized spacial score (nSPS) is 13.9. The van der Waals surface area contributed by atoms with Gasteiger partial charge in [0.2, 0.25) is 5.91 Å². The van der Waals surface area contributed by atoms with E-state index in [9.17, 15) is 27.2 Å². The number of hydrogen-bond acceptors (Lipinski definition) is 4. The Hall–Kier alpha value is -2.16. The highest BCUT2D eigenvalue weighted by atomic mass is 19.4. The Labute approximate surface area is 136 Å². The molecule has 9 heteroatoms. The number of ether oxygens (including phenoxy) is 1. The van der Waals surface area contributed by atoms with Gasteiger partial charge in [-0.15, -0.1) is 0 Å². The molecule has 0 radical (unpaired) electrons. The van der Waals surface area contributed by atoms with E-state index in [-0.39, 0.29) is 13.0 Å². The summed E-state index contributed by atoms with van der Waals surface area (Å²) in [7, 11) is 0. The van der Waals surface area contributed by atoms with Gasteiger partial charge in [0.25, 0.3) is 5.66 Å². The molecule has 1 aromatic rings. The first kappa shape index (κ1) is 19.9. The van der Waals surface area contributed by atoms with E-state index < -0.39 is 36.1 Å². The number of amides is 1. The van der Waals surface area contributed by atoms with Crippen LogP contribution in [0.25, 0.3) is 0 Å². The van der Waals surface area contributed by atoms with Crippen molar-refractivity contribution in [1.29, 1.82) is 0 Å². The van der Waals surface area contributed by atoms with Gasteiger partial charge in [0.15, 0.2) is 0 Å². The number of rotatable bonds is 7. The van der Waals surface area contributed by atoms with Crippen LogP contribution >= 0.6 is 0 Å². The van der Waals surface area contributed by atoms with E-state index >= 15 is 0 Å². The predicted molar refractivity (Wildman–Crippen MR) is 77.1 cm³/mol. The number of carbonyl (C=O) groups excluding carboxylic acids is 2. The highest BCUT2D eigenvalue weighted by Gasteiger charge is 2.62. The van der Waals surface area contributed by atoms with Gasteiger partial charge in [-0.05, 0) is 24.6 Å². The molecule has 0 spiro atoms. The molecule has 0 aliphatic carbocycles. The number of alkyl halides is 3. The van der Waals surface area contributed by atoms with E-state index in [1.54, 1.807) is 5.32 Å². The van der Waals surface area contributed by atoms with Gasteiger partial charge < -0.3 is 10.1 Å². The van der Waals surface area contributed by atoms with Crippen molar-refractivity contribution < 1.29 is 31.9 Å². The lowest BCUT2D eigenvalue weighted by molar-refractivity contribution is -0.222. The van der Waals surface area contributed by atoms with E-state index in [0.717, 1.165) is 12.1 Å².